The van der Waals surface area contributed by atoms with Gasteiger partial charge in [-0.25, -0.2) is 0 Å². The van der Waals surface area contributed by atoms with Gasteiger partial charge >= 0.3 is 0 Å². The van der Waals surface area contributed by atoms with Crippen LogP contribution >= 0.6 is 0 Å². The second kappa shape index (κ2) is 7.56. The predicted octanol–water partition coefficient (Wildman–Crippen LogP) is 2.27. The quantitative estimate of drug-likeness (QED) is 0.826. The maximum absolute atomic E-state index is 12.0. The molecular formula is C15H22N2O2. The SMILES string of the molecule is CCCNC(=O)c1cccc(C(=O)NCCC)c1C. The van der Waals surface area contributed by atoms with Gasteiger partial charge in [0.05, 0.1) is 0 Å². The molecule has 2 N–H and O–H groups in total. The molecule has 2 amide bonds. The van der Waals surface area contributed by atoms with Gasteiger partial charge in [0.25, 0.3) is 11.8 Å². The predicted molar refractivity (Wildman–Crippen MR) is 76.4 cm³/mol. The number of hydrogen-bond donors (Lipinski definition) is 2. The minimum Gasteiger partial charge on any atom is -0.352 e. The molecule has 0 aromatic heterocycles. The highest BCUT2D eigenvalue weighted by Crippen LogP contribution is 2.14. The normalized spacial score (nSPS) is 10.1. The zero-order chi connectivity index (χ0) is 14.3. The monoisotopic (exact) mass is 262 g/mol. The van der Waals surface area contributed by atoms with E-state index in [4.69, 9.17) is 0 Å². The van der Waals surface area contributed by atoms with Gasteiger partial charge in [-0.3, -0.25) is 9.59 Å². The molecule has 4 nitrogen and oxygen atoms in total. The molecule has 1 rings (SSSR count). The van der Waals surface area contributed by atoms with Crippen molar-refractivity contribution >= 4 is 11.8 Å². The summed E-state index contributed by atoms with van der Waals surface area (Å²) in [6.07, 6.45) is 1.78. The van der Waals surface area contributed by atoms with Gasteiger partial charge in [0, 0.05) is 24.2 Å². The molecule has 0 aliphatic heterocycles. The van der Waals surface area contributed by atoms with Crippen molar-refractivity contribution in [3.63, 3.8) is 0 Å². The lowest BCUT2D eigenvalue weighted by Gasteiger charge is -2.11. The standard InChI is InChI=1S/C15H22N2O2/c1-4-9-16-14(18)12-7-6-8-13(11(12)3)15(19)17-10-5-2/h6-8H,4-5,9-10H2,1-3H3,(H,16,18)(H,17,19). The van der Waals surface area contributed by atoms with E-state index in [0.29, 0.717) is 24.2 Å². The topological polar surface area (TPSA) is 58.2 Å². The molecule has 0 aliphatic rings. The summed E-state index contributed by atoms with van der Waals surface area (Å²) in [5.41, 5.74) is 1.86. The Bertz CT molecular complexity index is 417. The summed E-state index contributed by atoms with van der Waals surface area (Å²) in [4.78, 5) is 23.9. The van der Waals surface area contributed by atoms with Gasteiger partial charge < -0.3 is 10.6 Å². The molecule has 104 valence electrons. The van der Waals surface area contributed by atoms with Crippen LogP contribution in [-0.4, -0.2) is 24.9 Å². The molecule has 0 unspecified atom stereocenters. The molecular weight excluding hydrogens is 240 g/mol. The number of amides is 2. The molecule has 0 radical (unpaired) electrons. The Morgan fingerprint density at radius 2 is 1.37 bits per heavy atom. The lowest BCUT2D eigenvalue weighted by atomic mass is 10.0. The van der Waals surface area contributed by atoms with Crippen molar-refractivity contribution in [1.82, 2.24) is 10.6 Å². The number of benzene rings is 1. The third kappa shape index (κ3) is 4.09. The summed E-state index contributed by atoms with van der Waals surface area (Å²) in [7, 11) is 0. The summed E-state index contributed by atoms with van der Waals surface area (Å²) in [6, 6.07) is 5.24. The van der Waals surface area contributed by atoms with Crippen LogP contribution in [0.25, 0.3) is 0 Å². The molecule has 0 heterocycles. The zero-order valence-electron chi connectivity index (χ0n) is 11.9. The van der Waals surface area contributed by atoms with E-state index < -0.39 is 0 Å². The number of nitrogens with one attached hydrogen (secondary N) is 2. The van der Waals surface area contributed by atoms with Gasteiger partial charge in [-0.2, -0.15) is 0 Å². The Morgan fingerprint density at radius 1 is 0.947 bits per heavy atom. The van der Waals surface area contributed by atoms with Crippen molar-refractivity contribution in [3.05, 3.63) is 34.9 Å². The third-order valence-corrected chi connectivity index (χ3v) is 2.89. The van der Waals surface area contributed by atoms with Gasteiger partial charge in [-0.15, -0.1) is 0 Å². The van der Waals surface area contributed by atoms with E-state index in [-0.39, 0.29) is 11.8 Å². The molecule has 1 aromatic carbocycles. The van der Waals surface area contributed by atoms with Crippen molar-refractivity contribution in [3.8, 4) is 0 Å². The number of rotatable bonds is 6. The molecule has 0 saturated heterocycles. The minimum absolute atomic E-state index is 0.121. The minimum atomic E-state index is -0.121. The van der Waals surface area contributed by atoms with Crippen LogP contribution in [-0.2, 0) is 0 Å². The summed E-state index contributed by atoms with van der Waals surface area (Å²) in [6.45, 7) is 7.10. The fourth-order valence-electron chi connectivity index (χ4n) is 1.80. The summed E-state index contributed by atoms with van der Waals surface area (Å²) in [5, 5.41) is 5.66. The van der Waals surface area contributed by atoms with Gasteiger partial charge in [0.2, 0.25) is 0 Å². The van der Waals surface area contributed by atoms with Crippen LogP contribution in [0.5, 0.6) is 0 Å². The number of hydrogen-bond acceptors (Lipinski definition) is 2. The van der Waals surface area contributed by atoms with E-state index in [2.05, 4.69) is 10.6 Å². The van der Waals surface area contributed by atoms with Crippen molar-refractivity contribution in [2.75, 3.05) is 13.1 Å². The first-order valence-electron chi connectivity index (χ1n) is 6.77. The lowest BCUT2D eigenvalue weighted by molar-refractivity contribution is 0.0953. The van der Waals surface area contributed by atoms with Crippen LogP contribution in [0, 0.1) is 6.92 Å². The lowest BCUT2D eigenvalue weighted by Crippen LogP contribution is -2.28. The Morgan fingerprint density at radius 3 is 1.74 bits per heavy atom. The van der Waals surface area contributed by atoms with Crippen molar-refractivity contribution < 1.29 is 9.59 Å². The highest BCUT2D eigenvalue weighted by atomic mass is 16.2. The van der Waals surface area contributed by atoms with Crippen LogP contribution in [0.15, 0.2) is 18.2 Å². The molecule has 4 heteroatoms. The average molecular weight is 262 g/mol. The summed E-state index contributed by atoms with van der Waals surface area (Å²) >= 11 is 0. The fourth-order valence-corrected chi connectivity index (χ4v) is 1.80. The second-order valence-corrected chi connectivity index (χ2v) is 4.49. The van der Waals surface area contributed by atoms with Gasteiger partial charge in [-0.05, 0) is 37.5 Å². The molecule has 0 fully saturated rings. The smallest absolute Gasteiger partial charge is 0.251 e. The first kappa shape index (κ1) is 15.2. The van der Waals surface area contributed by atoms with Crippen LogP contribution in [0.3, 0.4) is 0 Å². The molecule has 0 saturated carbocycles. The molecule has 1 aromatic rings. The van der Waals surface area contributed by atoms with Crippen LogP contribution in [0.4, 0.5) is 0 Å². The van der Waals surface area contributed by atoms with Crippen molar-refractivity contribution in [2.45, 2.75) is 33.6 Å². The number of carbonyl (C=O) groups is 2. The maximum atomic E-state index is 12.0. The Hall–Kier alpha value is -1.84. The van der Waals surface area contributed by atoms with Gasteiger partial charge in [0.1, 0.15) is 0 Å². The molecule has 0 bridgehead atoms. The van der Waals surface area contributed by atoms with Crippen LogP contribution in [0.1, 0.15) is 53.0 Å². The Balaban J connectivity index is 2.91. The van der Waals surface area contributed by atoms with Crippen LogP contribution < -0.4 is 10.6 Å². The second-order valence-electron chi connectivity index (χ2n) is 4.49. The average Bonchev–Trinajstić information content (AvgIpc) is 2.42. The van der Waals surface area contributed by atoms with E-state index in [1.54, 1.807) is 18.2 Å². The zero-order valence-corrected chi connectivity index (χ0v) is 11.9. The molecule has 0 spiro atoms. The van der Waals surface area contributed by atoms with E-state index in [9.17, 15) is 9.59 Å². The fraction of sp³-hybridized carbons (Fsp3) is 0.467. The van der Waals surface area contributed by atoms with Gasteiger partial charge in [0.15, 0.2) is 0 Å². The van der Waals surface area contributed by atoms with E-state index in [1.807, 2.05) is 20.8 Å². The van der Waals surface area contributed by atoms with Crippen molar-refractivity contribution in [2.24, 2.45) is 0 Å². The molecule has 0 aliphatic carbocycles. The van der Waals surface area contributed by atoms with Gasteiger partial charge in [-0.1, -0.05) is 19.9 Å². The van der Waals surface area contributed by atoms with E-state index in [0.717, 1.165) is 18.4 Å². The van der Waals surface area contributed by atoms with E-state index in [1.165, 1.54) is 0 Å². The van der Waals surface area contributed by atoms with Crippen LogP contribution in [0.2, 0.25) is 0 Å². The first-order valence-corrected chi connectivity index (χ1v) is 6.77. The highest BCUT2D eigenvalue weighted by molar-refractivity contribution is 6.01. The highest BCUT2D eigenvalue weighted by Gasteiger charge is 2.15. The summed E-state index contributed by atoms with van der Waals surface area (Å²) in [5.74, 6) is -0.242. The molecule has 0 atom stereocenters. The van der Waals surface area contributed by atoms with Crippen molar-refractivity contribution in [1.29, 1.82) is 0 Å². The summed E-state index contributed by atoms with van der Waals surface area (Å²) < 4.78 is 0. The third-order valence-electron chi connectivity index (χ3n) is 2.89. The number of carbonyl (C=O) groups excluding carboxylic acids is 2. The Labute approximate surface area is 114 Å². The Kier molecular flexibility index (Phi) is 6.06. The maximum Gasteiger partial charge on any atom is 0.251 e. The van der Waals surface area contributed by atoms with E-state index >= 15 is 0 Å². The largest absolute Gasteiger partial charge is 0.352 e. The first-order chi connectivity index (χ1) is 9.11. The molecule has 19 heavy (non-hydrogen) atoms.